The summed E-state index contributed by atoms with van der Waals surface area (Å²) in [4.78, 5) is 25.1. The fraction of sp³-hybridized carbons (Fsp3) is 0.304. The first kappa shape index (κ1) is 18.3. The highest BCUT2D eigenvalue weighted by Gasteiger charge is 2.30. The van der Waals surface area contributed by atoms with E-state index in [4.69, 9.17) is 4.74 Å². The molecule has 144 valence electrons. The topological polar surface area (TPSA) is 68.5 Å². The molecule has 2 aromatic rings. The lowest BCUT2D eigenvalue weighted by atomic mass is 9.90. The molecule has 2 aliphatic rings. The fourth-order valence-corrected chi connectivity index (χ4v) is 4.39. The van der Waals surface area contributed by atoms with Gasteiger partial charge in [-0.15, -0.1) is 0 Å². The standard InChI is InChI=1S/C23H23NO4/c1-14-21(23(27)28-2)19(22(26)24(14)16-8-4-5-9-16)13-18-17-10-6-3-7-15(17)11-12-20(18)25/h3,6-7,10-13,16,26H,4-5,8-9H2,1-2H3. The lowest BCUT2D eigenvalue weighted by molar-refractivity contribution is -0.109. The molecule has 2 aliphatic carbocycles. The second-order valence-corrected chi connectivity index (χ2v) is 7.34. The lowest BCUT2D eigenvalue weighted by Gasteiger charge is -2.16. The molecule has 5 nitrogen and oxygen atoms in total. The third-order valence-corrected chi connectivity index (χ3v) is 5.76. The number of benzene rings is 1. The van der Waals surface area contributed by atoms with E-state index in [0.29, 0.717) is 22.4 Å². The Hall–Kier alpha value is -3.08. The molecular formula is C23H23NO4. The summed E-state index contributed by atoms with van der Waals surface area (Å²) in [5, 5.41) is 11.0. The summed E-state index contributed by atoms with van der Waals surface area (Å²) in [6, 6.07) is 7.74. The van der Waals surface area contributed by atoms with Gasteiger partial charge in [0.2, 0.25) is 0 Å². The van der Waals surface area contributed by atoms with E-state index in [1.54, 1.807) is 12.2 Å². The number of aromatic hydroxyl groups is 1. The van der Waals surface area contributed by atoms with Crippen molar-refractivity contribution in [3.05, 3.63) is 58.3 Å². The van der Waals surface area contributed by atoms with Crippen LogP contribution in [0.4, 0.5) is 0 Å². The maximum atomic E-state index is 12.6. The summed E-state index contributed by atoms with van der Waals surface area (Å²) in [6.45, 7) is 1.82. The molecule has 0 unspecified atom stereocenters. The quantitative estimate of drug-likeness (QED) is 0.630. The van der Waals surface area contributed by atoms with E-state index in [2.05, 4.69) is 0 Å². The Morgan fingerprint density at radius 2 is 1.93 bits per heavy atom. The Kier molecular flexibility index (Phi) is 4.67. The van der Waals surface area contributed by atoms with Crippen molar-refractivity contribution in [1.29, 1.82) is 0 Å². The van der Waals surface area contributed by atoms with Crippen LogP contribution in [0.5, 0.6) is 5.88 Å². The SMILES string of the molecule is COC(=O)c1c(C=C2C(=O)C=Cc3ccccc32)c(O)n(C2CCCC2)c1C. The third kappa shape index (κ3) is 2.87. The van der Waals surface area contributed by atoms with Crippen molar-refractivity contribution in [3.63, 3.8) is 0 Å². The van der Waals surface area contributed by atoms with Gasteiger partial charge >= 0.3 is 5.97 Å². The summed E-state index contributed by atoms with van der Waals surface area (Å²) >= 11 is 0. The number of hydrogen-bond donors (Lipinski definition) is 1. The van der Waals surface area contributed by atoms with E-state index in [1.165, 1.54) is 13.2 Å². The van der Waals surface area contributed by atoms with E-state index in [1.807, 2.05) is 35.8 Å². The molecular weight excluding hydrogens is 354 g/mol. The van der Waals surface area contributed by atoms with Crippen LogP contribution in [0.25, 0.3) is 17.7 Å². The zero-order valence-electron chi connectivity index (χ0n) is 16.1. The summed E-state index contributed by atoms with van der Waals surface area (Å²) in [5.41, 5.74) is 3.53. The number of ether oxygens (including phenoxy) is 1. The molecule has 0 radical (unpaired) electrons. The maximum absolute atomic E-state index is 12.6. The number of ketones is 1. The second-order valence-electron chi connectivity index (χ2n) is 7.34. The average Bonchev–Trinajstić information content (AvgIpc) is 3.30. The molecule has 0 aliphatic heterocycles. The van der Waals surface area contributed by atoms with Crippen molar-refractivity contribution in [1.82, 2.24) is 4.57 Å². The second kappa shape index (κ2) is 7.15. The molecule has 1 saturated carbocycles. The lowest BCUT2D eigenvalue weighted by Crippen LogP contribution is -2.09. The summed E-state index contributed by atoms with van der Waals surface area (Å²) < 4.78 is 6.82. The zero-order valence-corrected chi connectivity index (χ0v) is 16.1. The number of carbonyl (C=O) groups excluding carboxylic acids is 2. The van der Waals surface area contributed by atoms with Crippen LogP contribution < -0.4 is 0 Å². The van der Waals surface area contributed by atoms with Gasteiger partial charge in [0.1, 0.15) is 0 Å². The van der Waals surface area contributed by atoms with Gasteiger partial charge in [-0.3, -0.25) is 4.79 Å². The van der Waals surface area contributed by atoms with E-state index in [0.717, 1.165) is 36.8 Å². The van der Waals surface area contributed by atoms with Crippen LogP contribution >= 0.6 is 0 Å². The first-order valence-electron chi connectivity index (χ1n) is 9.58. The zero-order chi connectivity index (χ0) is 19.8. The summed E-state index contributed by atoms with van der Waals surface area (Å²) in [7, 11) is 1.33. The van der Waals surface area contributed by atoms with Crippen LogP contribution in [0.2, 0.25) is 0 Å². The highest BCUT2D eigenvalue weighted by molar-refractivity contribution is 6.33. The Morgan fingerprint density at radius 3 is 2.64 bits per heavy atom. The van der Waals surface area contributed by atoms with Crippen molar-refractivity contribution >= 4 is 29.5 Å². The first-order chi connectivity index (χ1) is 13.5. The Balaban J connectivity index is 1.93. The largest absolute Gasteiger partial charge is 0.494 e. The molecule has 1 N–H and O–H groups in total. The molecule has 4 rings (SSSR count). The predicted octanol–water partition coefficient (Wildman–Crippen LogP) is 4.54. The van der Waals surface area contributed by atoms with Crippen LogP contribution in [0.15, 0.2) is 30.3 Å². The monoisotopic (exact) mass is 377 g/mol. The van der Waals surface area contributed by atoms with Gasteiger partial charge in [0.15, 0.2) is 11.7 Å². The van der Waals surface area contributed by atoms with Crippen molar-refractivity contribution in [3.8, 4) is 5.88 Å². The van der Waals surface area contributed by atoms with Gasteiger partial charge in [-0.05, 0) is 43.0 Å². The van der Waals surface area contributed by atoms with E-state index >= 15 is 0 Å². The number of esters is 1. The minimum Gasteiger partial charge on any atom is -0.494 e. The number of allylic oxidation sites excluding steroid dienone is 2. The van der Waals surface area contributed by atoms with E-state index in [-0.39, 0.29) is 17.7 Å². The fourth-order valence-electron chi connectivity index (χ4n) is 4.39. The number of carbonyl (C=O) groups is 2. The molecule has 0 amide bonds. The van der Waals surface area contributed by atoms with Crippen LogP contribution in [0.1, 0.15) is 64.5 Å². The molecule has 0 bridgehead atoms. The summed E-state index contributed by atoms with van der Waals surface area (Å²) in [6.07, 6.45) is 9.05. The molecule has 0 saturated heterocycles. The van der Waals surface area contributed by atoms with Crippen LogP contribution in [0, 0.1) is 6.92 Å². The molecule has 0 atom stereocenters. The van der Waals surface area contributed by atoms with E-state index < -0.39 is 5.97 Å². The normalized spacial score (nSPS) is 17.9. The highest BCUT2D eigenvalue weighted by atomic mass is 16.5. The molecule has 0 spiro atoms. The summed E-state index contributed by atoms with van der Waals surface area (Å²) in [5.74, 6) is -0.638. The van der Waals surface area contributed by atoms with Crippen LogP contribution in [-0.4, -0.2) is 28.5 Å². The molecule has 1 aromatic heterocycles. The number of rotatable bonds is 3. The maximum Gasteiger partial charge on any atom is 0.340 e. The van der Waals surface area contributed by atoms with E-state index in [9.17, 15) is 14.7 Å². The third-order valence-electron chi connectivity index (χ3n) is 5.76. The van der Waals surface area contributed by atoms with Crippen molar-refractivity contribution in [2.45, 2.75) is 38.6 Å². The molecule has 1 fully saturated rings. The van der Waals surface area contributed by atoms with Crippen molar-refractivity contribution in [2.75, 3.05) is 7.11 Å². The number of hydrogen-bond acceptors (Lipinski definition) is 4. The minimum absolute atomic E-state index is 0.0251. The first-order valence-corrected chi connectivity index (χ1v) is 9.58. The molecule has 5 heteroatoms. The van der Waals surface area contributed by atoms with Gasteiger partial charge in [0.05, 0.1) is 18.2 Å². The average molecular weight is 377 g/mol. The predicted molar refractivity (Wildman–Crippen MR) is 108 cm³/mol. The van der Waals surface area contributed by atoms with Gasteiger partial charge in [0.25, 0.3) is 0 Å². The molecule has 1 aromatic carbocycles. The molecule has 28 heavy (non-hydrogen) atoms. The smallest absolute Gasteiger partial charge is 0.340 e. The Labute approximate surface area is 163 Å². The number of nitrogens with zero attached hydrogens (tertiary/aromatic N) is 1. The van der Waals surface area contributed by atoms with Crippen LogP contribution in [0.3, 0.4) is 0 Å². The molecule has 1 heterocycles. The van der Waals surface area contributed by atoms with Gasteiger partial charge in [-0.1, -0.05) is 43.2 Å². The number of aromatic nitrogens is 1. The van der Waals surface area contributed by atoms with Gasteiger partial charge in [0, 0.05) is 17.3 Å². The van der Waals surface area contributed by atoms with Gasteiger partial charge in [-0.25, -0.2) is 4.79 Å². The highest BCUT2D eigenvalue weighted by Crippen LogP contribution is 2.41. The number of fused-ring (bicyclic) bond motifs is 1. The Morgan fingerprint density at radius 1 is 1.21 bits per heavy atom. The Bertz CT molecular complexity index is 1020. The minimum atomic E-state index is -0.511. The van der Waals surface area contributed by atoms with Gasteiger partial charge in [-0.2, -0.15) is 0 Å². The van der Waals surface area contributed by atoms with Crippen molar-refractivity contribution < 1.29 is 19.4 Å². The van der Waals surface area contributed by atoms with Crippen LogP contribution in [-0.2, 0) is 9.53 Å². The van der Waals surface area contributed by atoms with Crippen molar-refractivity contribution in [2.24, 2.45) is 0 Å². The van der Waals surface area contributed by atoms with Gasteiger partial charge < -0.3 is 14.4 Å². The number of methoxy groups -OCH3 is 1.